The molecule has 3 fully saturated rings. The van der Waals surface area contributed by atoms with Crippen molar-refractivity contribution in [3.8, 4) is 0 Å². The second-order valence-electron chi connectivity index (χ2n) is 12.3. The molecule has 9 heteroatoms. The SMILES string of the molecule is O=C(OCc1ccccc1)C1C(CCC2CCCNC2)C(=O)N1C(=O)N1CCN(C(=O)CCCCCc2ccccc2)CC1. The number of carbonyl (C=O) groups is 4. The van der Waals surface area contributed by atoms with Gasteiger partial charge in [0.05, 0.1) is 5.92 Å². The van der Waals surface area contributed by atoms with Crippen molar-refractivity contribution in [2.75, 3.05) is 39.3 Å². The summed E-state index contributed by atoms with van der Waals surface area (Å²) in [5, 5.41) is 3.41. The lowest BCUT2D eigenvalue weighted by molar-refractivity contribution is -0.171. The van der Waals surface area contributed by atoms with Gasteiger partial charge < -0.3 is 19.9 Å². The van der Waals surface area contributed by atoms with Crippen LogP contribution in [0.5, 0.6) is 0 Å². The molecule has 0 radical (unpaired) electrons. The van der Waals surface area contributed by atoms with Gasteiger partial charge in [0.2, 0.25) is 11.8 Å². The van der Waals surface area contributed by atoms with E-state index < -0.39 is 24.0 Å². The largest absolute Gasteiger partial charge is 0.459 e. The van der Waals surface area contributed by atoms with E-state index in [0.717, 1.165) is 68.5 Å². The summed E-state index contributed by atoms with van der Waals surface area (Å²) in [6.07, 6.45) is 8.03. The first-order chi connectivity index (χ1) is 21.5. The van der Waals surface area contributed by atoms with Gasteiger partial charge in [0, 0.05) is 32.6 Å². The number of piperazine rings is 1. The molecule has 9 nitrogen and oxygen atoms in total. The predicted molar refractivity (Wildman–Crippen MR) is 167 cm³/mol. The second-order valence-corrected chi connectivity index (χ2v) is 12.3. The molecule has 44 heavy (non-hydrogen) atoms. The number of benzene rings is 2. The van der Waals surface area contributed by atoms with E-state index in [-0.39, 0.29) is 18.4 Å². The number of imide groups is 1. The number of nitrogens with zero attached hydrogens (tertiary/aromatic N) is 3. The van der Waals surface area contributed by atoms with Crippen LogP contribution in [0.15, 0.2) is 60.7 Å². The van der Waals surface area contributed by atoms with Crippen molar-refractivity contribution in [3.63, 3.8) is 0 Å². The Morgan fingerprint density at radius 1 is 0.818 bits per heavy atom. The predicted octanol–water partition coefficient (Wildman–Crippen LogP) is 4.40. The summed E-state index contributed by atoms with van der Waals surface area (Å²) in [4.78, 5) is 57.6. The molecule has 3 atom stereocenters. The van der Waals surface area contributed by atoms with Crippen LogP contribution >= 0.6 is 0 Å². The van der Waals surface area contributed by atoms with Crippen LogP contribution in [0.25, 0.3) is 0 Å². The fourth-order valence-corrected chi connectivity index (χ4v) is 6.60. The minimum atomic E-state index is -0.911. The molecule has 2 aromatic rings. The van der Waals surface area contributed by atoms with Crippen LogP contribution < -0.4 is 5.32 Å². The minimum absolute atomic E-state index is 0.0959. The normalized spacial score (nSPS) is 22.0. The third-order valence-electron chi connectivity index (χ3n) is 9.27. The van der Waals surface area contributed by atoms with Crippen molar-refractivity contribution in [3.05, 3.63) is 71.8 Å². The monoisotopic (exact) mass is 602 g/mol. The zero-order valence-corrected chi connectivity index (χ0v) is 25.7. The van der Waals surface area contributed by atoms with Gasteiger partial charge in [-0.05, 0) is 75.1 Å². The minimum Gasteiger partial charge on any atom is -0.459 e. The summed E-state index contributed by atoms with van der Waals surface area (Å²) in [6, 6.07) is 18.4. The van der Waals surface area contributed by atoms with Gasteiger partial charge in [-0.25, -0.2) is 14.5 Å². The molecule has 2 aromatic carbocycles. The second kappa shape index (κ2) is 15.8. The summed E-state index contributed by atoms with van der Waals surface area (Å²) in [6.45, 7) is 3.57. The van der Waals surface area contributed by atoms with Crippen molar-refractivity contribution in [1.29, 1.82) is 0 Å². The lowest BCUT2D eigenvalue weighted by atomic mass is 9.80. The smallest absolute Gasteiger partial charge is 0.330 e. The summed E-state index contributed by atoms with van der Waals surface area (Å²) in [5.41, 5.74) is 2.17. The summed E-state index contributed by atoms with van der Waals surface area (Å²) >= 11 is 0. The fraction of sp³-hybridized carbons (Fsp3) is 0.543. The number of esters is 1. The molecule has 1 N–H and O–H groups in total. The number of aryl methyl sites for hydroxylation is 1. The molecule has 5 rings (SSSR count). The van der Waals surface area contributed by atoms with Crippen molar-refractivity contribution >= 4 is 23.8 Å². The Bertz CT molecular complexity index is 1240. The number of urea groups is 1. The molecule has 0 aliphatic carbocycles. The van der Waals surface area contributed by atoms with E-state index in [9.17, 15) is 19.2 Å². The van der Waals surface area contributed by atoms with Crippen molar-refractivity contribution < 1.29 is 23.9 Å². The van der Waals surface area contributed by atoms with E-state index in [0.29, 0.717) is 44.9 Å². The van der Waals surface area contributed by atoms with Crippen molar-refractivity contribution in [2.24, 2.45) is 11.8 Å². The molecule has 0 bridgehead atoms. The zero-order valence-electron chi connectivity index (χ0n) is 25.7. The maximum absolute atomic E-state index is 13.6. The van der Waals surface area contributed by atoms with Crippen LogP contribution in [0.1, 0.15) is 62.5 Å². The number of hydrogen-bond donors (Lipinski definition) is 1. The highest BCUT2D eigenvalue weighted by Crippen LogP contribution is 2.35. The van der Waals surface area contributed by atoms with E-state index in [1.807, 2.05) is 53.4 Å². The topological polar surface area (TPSA) is 99.3 Å². The molecule has 0 spiro atoms. The number of piperidine rings is 1. The lowest BCUT2D eigenvalue weighted by Gasteiger charge is -2.47. The Balaban J connectivity index is 1.10. The molecule has 3 heterocycles. The van der Waals surface area contributed by atoms with E-state index in [2.05, 4.69) is 17.4 Å². The van der Waals surface area contributed by atoms with E-state index in [1.165, 1.54) is 5.56 Å². The lowest BCUT2D eigenvalue weighted by Crippen LogP contribution is -2.69. The van der Waals surface area contributed by atoms with E-state index in [1.54, 1.807) is 4.90 Å². The van der Waals surface area contributed by atoms with Gasteiger partial charge in [-0.3, -0.25) is 9.59 Å². The number of rotatable bonds is 12. The van der Waals surface area contributed by atoms with Gasteiger partial charge >= 0.3 is 12.0 Å². The van der Waals surface area contributed by atoms with Crippen molar-refractivity contribution in [2.45, 2.75) is 70.4 Å². The highest BCUT2D eigenvalue weighted by molar-refractivity contribution is 6.07. The molecular formula is C35H46N4O5. The van der Waals surface area contributed by atoms with E-state index in [4.69, 9.17) is 4.74 Å². The van der Waals surface area contributed by atoms with Gasteiger partial charge in [-0.1, -0.05) is 67.1 Å². The number of β-lactam (4-membered cyclic amide) rings is 1. The Morgan fingerprint density at radius 2 is 1.50 bits per heavy atom. The summed E-state index contributed by atoms with van der Waals surface area (Å²) < 4.78 is 5.63. The average Bonchev–Trinajstić information content (AvgIpc) is 3.07. The fourth-order valence-electron chi connectivity index (χ4n) is 6.60. The van der Waals surface area contributed by atoms with Gasteiger partial charge in [-0.15, -0.1) is 0 Å². The maximum Gasteiger partial charge on any atom is 0.330 e. The summed E-state index contributed by atoms with van der Waals surface area (Å²) in [5.74, 6) is -0.800. The van der Waals surface area contributed by atoms with Crippen LogP contribution in [0.4, 0.5) is 4.79 Å². The Hall–Kier alpha value is -3.72. The van der Waals surface area contributed by atoms with Gasteiger partial charge in [-0.2, -0.15) is 0 Å². The molecule has 3 aliphatic rings. The number of amides is 4. The first-order valence-electron chi connectivity index (χ1n) is 16.4. The molecule has 0 saturated carbocycles. The zero-order chi connectivity index (χ0) is 30.7. The highest BCUT2D eigenvalue weighted by Gasteiger charge is 2.56. The van der Waals surface area contributed by atoms with Crippen LogP contribution in [0.2, 0.25) is 0 Å². The van der Waals surface area contributed by atoms with Crippen LogP contribution in [0.3, 0.4) is 0 Å². The number of likely N-dealkylation sites (tertiary alicyclic amines) is 1. The first-order valence-corrected chi connectivity index (χ1v) is 16.4. The Labute approximate surface area is 260 Å². The van der Waals surface area contributed by atoms with Crippen LogP contribution in [-0.2, 0) is 32.1 Å². The third-order valence-corrected chi connectivity index (χ3v) is 9.27. The number of hydrogen-bond acceptors (Lipinski definition) is 6. The maximum atomic E-state index is 13.6. The van der Waals surface area contributed by atoms with Crippen LogP contribution in [0, 0.1) is 11.8 Å². The number of carbonyl (C=O) groups excluding carboxylic acids is 4. The molecule has 0 aromatic heterocycles. The molecule has 3 saturated heterocycles. The molecule has 236 valence electrons. The molecule has 3 aliphatic heterocycles. The highest BCUT2D eigenvalue weighted by atomic mass is 16.5. The quantitative estimate of drug-likeness (QED) is 0.220. The van der Waals surface area contributed by atoms with Gasteiger partial charge in [0.15, 0.2) is 6.04 Å². The number of unbranched alkanes of at least 4 members (excludes halogenated alkanes) is 2. The first kappa shape index (κ1) is 31.7. The summed E-state index contributed by atoms with van der Waals surface area (Å²) in [7, 11) is 0. The Kier molecular flexibility index (Phi) is 11.4. The molecular weight excluding hydrogens is 556 g/mol. The van der Waals surface area contributed by atoms with Crippen molar-refractivity contribution in [1.82, 2.24) is 20.0 Å². The number of nitrogens with one attached hydrogen (secondary N) is 1. The average molecular weight is 603 g/mol. The third kappa shape index (κ3) is 8.25. The van der Waals surface area contributed by atoms with Gasteiger partial charge in [0.1, 0.15) is 6.61 Å². The van der Waals surface area contributed by atoms with Crippen LogP contribution in [-0.4, -0.2) is 83.8 Å². The Morgan fingerprint density at radius 3 is 2.18 bits per heavy atom. The molecule has 3 unspecified atom stereocenters. The van der Waals surface area contributed by atoms with Gasteiger partial charge in [0.25, 0.3) is 0 Å². The standard InChI is InChI=1S/C35H46N4O5/c40-31(17-9-3-6-13-27-11-4-1-5-12-27)37-21-23-38(24-22-37)35(43)39-32(34(42)44-26-29-14-7-2-8-15-29)30(33(39)41)19-18-28-16-10-20-36-25-28/h1-2,4-5,7-8,11-12,14-15,28,30,32,36H,3,6,9-10,13,16-26H2. The van der Waals surface area contributed by atoms with E-state index >= 15 is 0 Å². The molecule has 4 amide bonds. The number of ether oxygens (including phenoxy) is 1.